The van der Waals surface area contributed by atoms with Gasteiger partial charge in [0.1, 0.15) is 5.82 Å². The van der Waals surface area contributed by atoms with E-state index in [1.807, 2.05) is 0 Å². The molecule has 0 saturated heterocycles. The van der Waals surface area contributed by atoms with E-state index in [0.29, 0.717) is 5.56 Å². The highest BCUT2D eigenvalue weighted by molar-refractivity contribution is 5.93. The lowest BCUT2D eigenvalue weighted by Gasteiger charge is -2.04. The largest absolute Gasteiger partial charge is 0.478 e. The predicted octanol–water partition coefficient (Wildman–Crippen LogP) is 1.39. The molecule has 0 aromatic heterocycles. The van der Waals surface area contributed by atoms with Crippen LogP contribution >= 0.6 is 0 Å². The van der Waals surface area contributed by atoms with E-state index in [0.717, 1.165) is 17.7 Å². The van der Waals surface area contributed by atoms with Gasteiger partial charge in [-0.2, -0.15) is 0 Å². The monoisotopic (exact) mass is 237 g/mol. The number of aliphatic carboxylic acids is 1. The van der Waals surface area contributed by atoms with Crippen molar-refractivity contribution in [1.82, 2.24) is 5.32 Å². The number of amides is 1. The molecule has 0 atom stereocenters. The number of hydrogen-bond donors (Lipinski definition) is 2. The Bertz CT molecular complexity index is 469. The highest BCUT2D eigenvalue weighted by Gasteiger charge is 2.01. The standard InChI is InChI=1S/C12H12FNO3/c1-8-6-9(2-3-10(8)13)7-14-11(15)4-5-12(16)17/h2-6H,7H2,1H3,(H,14,15)(H,16,17)/b5-4+. The van der Waals surface area contributed by atoms with E-state index in [9.17, 15) is 14.0 Å². The molecular weight excluding hydrogens is 225 g/mol. The molecular formula is C12H12FNO3. The second-order valence-corrected chi connectivity index (χ2v) is 3.47. The normalized spacial score (nSPS) is 10.5. The molecule has 2 N–H and O–H groups in total. The van der Waals surface area contributed by atoms with E-state index in [1.165, 1.54) is 6.07 Å². The topological polar surface area (TPSA) is 66.4 Å². The molecule has 0 unspecified atom stereocenters. The van der Waals surface area contributed by atoms with Crippen molar-refractivity contribution >= 4 is 11.9 Å². The molecule has 5 heteroatoms. The third kappa shape index (κ3) is 4.46. The van der Waals surface area contributed by atoms with Gasteiger partial charge in [-0.25, -0.2) is 9.18 Å². The summed E-state index contributed by atoms with van der Waals surface area (Å²) in [6.45, 7) is 1.86. The molecule has 0 radical (unpaired) electrons. The second-order valence-electron chi connectivity index (χ2n) is 3.47. The molecule has 4 nitrogen and oxygen atoms in total. The smallest absolute Gasteiger partial charge is 0.328 e. The van der Waals surface area contributed by atoms with Gasteiger partial charge in [0.25, 0.3) is 0 Å². The molecule has 0 bridgehead atoms. The van der Waals surface area contributed by atoms with Crippen molar-refractivity contribution in [3.63, 3.8) is 0 Å². The number of rotatable bonds is 4. The summed E-state index contributed by atoms with van der Waals surface area (Å²) >= 11 is 0. The second kappa shape index (κ2) is 5.79. The average molecular weight is 237 g/mol. The van der Waals surface area contributed by atoms with E-state index in [4.69, 9.17) is 5.11 Å². The molecule has 0 heterocycles. The van der Waals surface area contributed by atoms with Crippen molar-refractivity contribution in [1.29, 1.82) is 0 Å². The summed E-state index contributed by atoms with van der Waals surface area (Å²) in [5.41, 5.74) is 1.25. The fourth-order valence-corrected chi connectivity index (χ4v) is 1.21. The molecule has 1 amide bonds. The Morgan fingerprint density at radius 1 is 1.41 bits per heavy atom. The van der Waals surface area contributed by atoms with E-state index in [-0.39, 0.29) is 12.4 Å². The Balaban J connectivity index is 2.53. The van der Waals surface area contributed by atoms with Crippen LogP contribution in [0.2, 0.25) is 0 Å². The number of benzene rings is 1. The Labute approximate surface area is 97.8 Å². The van der Waals surface area contributed by atoms with Gasteiger partial charge in [0.05, 0.1) is 0 Å². The van der Waals surface area contributed by atoms with Gasteiger partial charge >= 0.3 is 5.97 Å². The first kappa shape index (κ1) is 12.9. The van der Waals surface area contributed by atoms with Crippen molar-refractivity contribution < 1.29 is 19.1 Å². The van der Waals surface area contributed by atoms with E-state index in [2.05, 4.69) is 5.32 Å². The summed E-state index contributed by atoms with van der Waals surface area (Å²) in [7, 11) is 0. The fraction of sp³-hybridized carbons (Fsp3) is 0.167. The number of carbonyl (C=O) groups excluding carboxylic acids is 1. The van der Waals surface area contributed by atoms with Crippen molar-refractivity contribution in [2.45, 2.75) is 13.5 Å². The quantitative estimate of drug-likeness (QED) is 0.778. The van der Waals surface area contributed by atoms with Crippen molar-refractivity contribution in [3.8, 4) is 0 Å². The summed E-state index contributed by atoms with van der Waals surface area (Å²) < 4.78 is 12.9. The molecule has 17 heavy (non-hydrogen) atoms. The van der Waals surface area contributed by atoms with Gasteiger partial charge in [-0.05, 0) is 24.1 Å². The van der Waals surface area contributed by atoms with Crippen LogP contribution < -0.4 is 5.32 Å². The van der Waals surface area contributed by atoms with Gasteiger partial charge in [-0.3, -0.25) is 4.79 Å². The molecule has 1 aromatic rings. The molecule has 0 aliphatic heterocycles. The summed E-state index contributed by atoms with van der Waals surface area (Å²) in [5, 5.41) is 10.8. The van der Waals surface area contributed by atoms with Crippen LogP contribution in [-0.2, 0) is 16.1 Å². The van der Waals surface area contributed by atoms with Crippen molar-refractivity contribution in [2.75, 3.05) is 0 Å². The van der Waals surface area contributed by atoms with Crippen LogP contribution in [0.5, 0.6) is 0 Å². The Morgan fingerprint density at radius 3 is 2.71 bits per heavy atom. The molecule has 0 aliphatic carbocycles. The lowest BCUT2D eigenvalue weighted by molar-refractivity contribution is -0.131. The molecule has 0 spiro atoms. The molecule has 0 saturated carbocycles. The summed E-state index contributed by atoms with van der Waals surface area (Å²) in [6.07, 6.45) is 1.68. The zero-order valence-corrected chi connectivity index (χ0v) is 9.24. The molecule has 0 fully saturated rings. The molecule has 1 aromatic carbocycles. The maximum Gasteiger partial charge on any atom is 0.328 e. The number of nitrogens with one attached hydrogen (secondary N) is 1. The fourth-order valence-electron chi connectivity index (χ4n) is 1.21. The number of carbonyl (C=O) groups is 2. The number of carboxylic acids is 1. The highest BCUT2D eigenvalue weighted by Crippen LogP contribution is 2.08. The van der Waals surface area contributed by atoms with E-state index >= 15 is 0 Å². The minimum atomic E-state index is -1.18. The maximum absolute atomic E-state index is 12.9. The van der Waals surface area contributed by atoms with Crippen LogP contribution in [0, 0.1) is 12.7 Å². The number of halogens is 1. The Hall–Kier alpha value is -2.17. The van der Waals surface area contributed by atoms with Gasteiger partial charge in [0.2, 0.25) is 5.91 Å². The third-order valence-corrected chi connectivity index (χ3v) is 2.07. The van der Waals surface area contributed by atoms with Crippen molar-refractivity contribution in [2.24, 2.45) is 0 Å². The van der Waals surface area contributed by atoms with Crippen LogP contribution in [0.25, 0.3) is 0 Å². The van der Waals surface area contributed by atoms with Gasteiger partial charge < -0.3 is 10.4 Å². The molecule has 90 valence electrons. The highest BCUT2D eigenvalue weighted by atomic mass is 19.1. The van der Waals surface area contributed by atoms with Crippen LogP contribution in [0.15, 0.2) is 30.4 Å². The number of hydrogen-bond acceptors (Lipinski definition) is 2. The molecule has 0 aliphatic rings. The minimum absolute atomic E-state index is 0.226. The van der Waals surface area contributed by atoms with Crippen LogP contribution in [0.3, 0.4) is 0 Å². The van der Waals surface area contributed by atoms with Gasteiger partial charge in [0.15, 0.2) is 0 Å². The van der Waals surface area contributed by atoms with E-state index in [1.54, 1.807) is 19.1 Å². The summed E-state index contributed by atoms with van der Waals surface area (Å²) in [6, 6.07) is 4.50. The van der Waals surface area contributed by atoms with Crippen LogP contribution in [0.4, 0.5) is 4.39 Å². The Kier molecular flexibility index (Phi) is 4.39. The SMILES string of the molecule is Cc1cc(CNC(=O)/C=C/C(=O)O)ccc1F. The lowest BCUT2D eigenvalue weighted by Crippen LogP contribution is -2.20. The van der Waals surface area contributed by atoms with Crippen LogP contribution in [-0.4, -0.2) is 17.0 Å². The number of aryl methyl sites for hydroxylation is 1. The number of carboxylic acid groups (broad SMARTS) is 1. The zero-order chi connectivity index (χ0) is 12.8. The average Bonchev–Trinajstić information content (AvgIpc) is 2.28. The predicted molar refractivity (Wildman–Crippen MR) is 59.8 cm³/mol. The zero-order valence-electron chi connectivity index (χ0n) is 9.24. The van der Waals surface area contributed by atoms with E-state index < -0.39 is 11.9 Å². The molecule has 1 rings (SSSR count). The first-order valence-electron chi connectivity index (χ1n) is 4.93. The summed E-state index contributed by atoms with van der Waals surface area (Å²) in [4.78, 5) is 21.3. The lowest BCUT2D eigenvalue weighted by atomic mass is 10.1. The van der Waals surface area contributed by atoms with Crippen LogP contribution in [0.1, 0.15) is 11.1 Å². The summed E-state index contributed by atoms with van der Waals surface area (Å²) in [5.74, 6) is -1.99. The maximum atomic E-state index is 12.9. The third-order valence-electron chi connectivity index (χ3n) is 2.07. The first-order valence-corrected chi connectivity index (χ1v) is 4.93. The van der Waals surface area contributed by atoms with Gasteiger partial charge in [0, 0.05) is 18.7 Å². The first-order chi connectivity index (χ1) is 7.99. The van der Waals surface area contributed by atoms with Gasteiger partial charge in [-0.15, -0.1) is 0 Å². The van der Waals surface area contributed by atoms with Crippen molar-refractivity contribution in [3.05, 3.63) is 47.3 Å². The minimum Gasteiger partial charge on any atom is -0.478 e. The van der Waals surface area contributed by atoms with Gasteiger partial charge in [-0.1, -0.05) is 12.1 Å². The Morgan fingerprint density at radius 2 is 2.12 bits per heavy atom.